The molecule has 2 aromatic rings. The van der Waals surface area contributed by atoms with Crippen LogP contribution in [0, 0.1) is 0 Å². The van der Waals surface area contributed by atoms with Crippen molar-refractivity contribution in [3.63, 3.8) is 0 Å². The van der Waals surface area contributed by atoms with Crippen molar-refractivity contribution in [2.24, 2.45) is 0 Å². The average Bonchev–Trinajstić information content (AvgIpc) is 2.94. The fourth-order valence-electron chi connectivity index (χ4n) is 1.88. The van der Waals surface area contributed by atoms with Crippen molar-refractivity contribution < 1.29 is 14.3 Å². The molecule has 6 heteroatoms. The van der Waals surface area contributed by atoms with Crippen molar-refractivity contribution in [3.05, 3.63) is 47.5 Å². The molecule has 1 aliphatic rings. The fourth-order valence-corrected chi connectivity index (χ4v) is 2.92. The van der Waals surface area contributed by atoms with Crippen LogP contribution in [0.5, 0.6) is 11.5 Å². The van der Waals surface area contributed by atoms with Gasteiger partial charge < -0.3 is 14.8 Å². The maximum atomic E-state index is 12.0. The first-order chi connectivity index (χ1) is 10.2. The van der Waals surface area contributed by atoms with Crippen molar-refractivity contribution in [2.75, 3.05) is 17.9 Å². The van der Waals surface area contributed by atoms with Gasteiger partial charge in [-0.2, -0.15) is 0 Å². The monoisotopic (exact) mass is 321 g/mol. The lowest BCUT2D eigenvalue weighted by molar-refractivity contribution is -0.113. The number of ether oxygens (including phenoxy) is 2. The van der Waals surface area contributed by atoms with E-state index in [2.05, 4.69) is 5.32 Å². The number of nitrogens with one attached hydrogen (secondary N) is 1. The molecule has 0 aliphatic carbocycles. The van der Waals surface area contributed by atoms with Crippen LogP contribution in [0.15, 0.2) is 47.4 Å². The molecule has 1 N–H and O–H groups in total. The summed E-state index contributed by atoms with van der Waals surface area (Å²) >= 11 is 7.45. The van der Waals surface area contributed by atoms with E-state index in [0.717, 1.165) is 4.90 Å². The number of hydrogen-bond acceptors (Lipinski definition) is 4. The summed E-state index contributed by atoms with van der Waals surface area (Å²) in [6.07, 6.45) is 0. The second-order valence-electron chi connectivity index (χ2n) is 4.34. The zero-order valence-electron chi connectivity index (χ0n) is 11.0. The molecule has 0 aromatic heterocycles. The number of anilines is 1. The predicted octanol–water partition coefficient (Wildman–Crippen LogP) is 3.80. The highest BCUT2D eigenvalue weighted by Gasteiger charge is 2.14. The van der Waals surface area contributed by atoms with Crippen molar-refractivity contribution in [1.29, 1.82) is 0 Å². The van der Waals surface area contributed by atoms with Crippen LogP contribution in [0.2, 0.25) is 5.02 Å². The molecular formula is C15H12ClNO3S. The van der Waals surface area contributed by atoms with Crippen LogP contribution < -0.4 is 14.8 Å². The number of carbonyl (C=O) groups excluding carboxylic acids is 1. The maximum absolute atomic E-state index is 12.0. The fraction of sp³-hybridized carbons (Fsp3) is 0.133. The number of fused-ring (bicyclic) bond motifs is 1. The van der Waals surface area contributed by atoms with Gasteiger partial charge in [0.05, 0.1) is 10.8 Å². The zero-order chi connectivity index (χ0) is 14.7. The van der Waals surface area contributed by atoms with E-state index in [0.29, 0.717) is 22.2 Å². The van der Waals surface area contributed by atoms with Gasteiger partial charge in [-0.05, 0) is 24.3 Å². The minimum atomic E-state index is -0.0983. The van der Waals surface area contributed by atoms with Crippen molar-refractivity contribution in [2.45, 2.75) is 4.90 Å². The molecule has 4 nitrogen and oxygen atoms in total. The molecule has 0 saturated heterocycles. The quantitative estimate of drug-likeness (QED) is 0.870. The molecule has 0 spiro atoms. The Bertz CT molecular complexity index is 678. The first kappa shape index (κ1) is 14.1. The molecule has 0 bridgehead atoms. The van der Waals surface area contributed by atoms with Gasteiger partial charge in [0.1, 0.15) is 0 Å². The van der Waals surface area contributed by atoms with Crippen LogP contribution in [-0.4, -0.2) is 18.5 Å². The first-order valence-electron chi connectivity index (χ1n) is 6.29. The lowest BCUT2D eigenvalue weighted by Gasteiger charge is -2.07. The summed E-state index contributed by atoms with van der Waals surface area (Å²) in [6.45, 7) is 0.217. The average molecular weight is 322 g/mol. The van der Waals surface area contributed by atoms with Gasteiger partial charge in [0.2, 0.25) is 12.7 Å². The molecular weight excluding hydrogens is 310 g/mol. The van der Waals surface area contributed by atoms with Gasteiger partial charge in [-0.3, -0.25) is 4.79 Å². The van der Waals surface area contributed by atoms with Gasteiger partial charge in [0.15, 0.2) is 11.5 Å². The number of rotatable bonds is 4. The maximum Gasteiger partial charge on any atom is 0.234 e. The topological polar surface area (TPSA) is 47.6 Å². The summed E-state index contributed by atoms with van der Waals surface area (Å²) in [4.78, 5) is 12.8. The van der Waals surface area contributed by atoms with Crippen LogP contribution in [0.1, 0.15) is 0 Å². The van der Waals surface area contributed by atoms with Crippen LogP contribution in [0.25, 0.3) is 0 Å². The Labute approximate surface area is 131 Å². The highest BCUT2D eigenvalue weighted by Crippen LogP contribution is 2.34. The number of carbonyl (C=O) groups is 1. The highest BCUT2D eigenvalue weighted by molar-refractivity contribution is 8.00. The Balaban J connectivity index is 1.58. The molecule has 1 aliphatic heterocycles. The first-order valence-corrected chi connectivity index (χ1v) is 7.65. The molecule has 0 atom stereocenters. The van der Waals surface area contributed by atoms with E-state index in [9.17, 15) is 4.79 Å². The van der Waals surface area contributed by atoms with E-state index < -0.39 is 0 Å². The van der Waals surface area contributed by atoms with Crippen molar-refractivity contribution >= 4 is 35.0 Å². The minimum absolute atomic E-state index is 0.0983. The van der Waals surface area contributed by atoms with Crippen LogP contribution in [-0.2, 0) is 4.79 Å². The van der Waals surface area contributed by atoms with Crippen molar-refractivity contribution in [3.8, 4) is 11.5 Å². The number of amides is 1. The molecule has 3 rings (SSSR count). The molecule has 0 fully saturated rings. The second-order valence-corrected chi connectivity index (χ2v) is 5.76. The second kappa shape index (κ2) is 6.28. The van der Waals surface area contributed by atoms with Gasteiger partial charge in [0, 0.05) is 16.6 Å². The lowest BCUT2D eigenvalue weighted by Crippen LogP contribution is -2.13. The van der Waals surface area contributed by atoms with Crippen LogP contribution in [0.3, 0.4) is 0 Å². The molecule has 0 saturated carbocycles. The normalized spacial score (nSPS) is 12.2. The molecule has 108 valence electrons. The molecule has 1 heterocycles. The Hall–Kier alpha value is -1.85. The summed E-state index contributed by atoms with van der Waals surface area (Å²) in [5, 5.41) is 3.47. The molecule has 0 radical (unpaired) electrons. The van der Waals surface area contributed by atoms with Crippen LogP contribution in [0.4, 0.5) is 5.69 Å². The summed E-state index contributed by atoms with van der Waals surface area (Å²) in [5.41, 5.74) is 0.684. The summed E-state index contributed by atoms with van der Waals surface area (Å²) in [6, 6.07) is 12.8. The van der Waals surface area contributed by atoms with Gasteiger partial charge >= 0.3 is 0 Å². The third kappa shape index (κ3) is 3.43. The largest absolute Gasteiger partial charge is 0.454 e. The van der Waals surface area contributed by atoms with Gasteiger partial charge in [-0.25, -0.2) is 0 Å². The van der Waals surface area contributed by atoms with E-state index in [1.807, 2.05) is 18.2 Å². The Morgan fingerprint density at radius 1 is 1.19 bits per heavy atom. The predicted molar refractivity (Wildman–Crippen MR) is 83.4 cm³/mol. The summed E-state index contributed by atoms with van der Waals surface area (Å²) in [5.74, 6) is 1.53. The van der Waals surface area contributed by atoms with Gasteiger partial charge in [-0.1, -0.05) is 23.7 Å². The van der Waals surface area contributed by atoms with E-state index >= 15 is 0 Å². The third-order valence-electron chi connectivity index (χ3n) is 2.85. The Kier molecular flexibility index (Phi) is 4.22. The van der Waals surface area contributed by atoms with E-state index in [-0.39, 0.29) is 18.5 Å². The number of benzene rings is 2. The van der Waals surface area contributed by atoms with Gasteiger partial charge in [0.25, 0.3) is 0 Å². The number of hydrogen-bond donors (Lipinski definition) is 1. The van der Waals surface area contributed by atoms with E-state index in [1.54, 1.807) is 24.3 Å². The highest BCUT2D eigenvalue weighted by atomic mass is 35.5. The zero-order valence-corrected chi connectivity index (χ0v) is 12.5. The summed E-state index contributed by atoms with van der Waals surface area (Å²) in [7, 11) is 0. The van der Waals surface area contributed by atoms with Crippen molar-refractivity contribution in [1.82, 2.24) is 0 Å². The van der Waals surface area contributed by atoms with Gasteiger partial charge in [-0.15, -0.1) is 11.8 Å². The lowest BCUT2D eigenvalue weighted by atomic mass is 10.3. The minimum Gasteiger partial charge on any atom is -0.454 e. The molecule has 21 heavy (non-hydrogen) atoms. The Morgan fingerprint density at radius 3 is 2.86 bits per heavy atom. The number of thioether (sulfide) groups is 1. The Morgan fingerprint density at radius 2 is 2.00 bits per heavy atom. The van der Waals surface area contributed by atoms with Crippen LogP contribution >= 0.6 is 23.4 Å². The SMILES string of the molecule is O=C(CSc1ccccc1Cl)Nc1ccc2c(c1)OCO2. The molecule has 0 unspecified atom stereocenters. The van der Waals surface area contributed by atoms with E-state index in [4.69, 9.17) is 21.1 Å². The number of halogens is 1. The standard InChI is InChI=1S/C15H12ClNO3S/c16-11-3-1-2-4-14(11)21-8-15(18)17-10-5-6-12-13(7-10)20-9-19-12/h1-7H,8-9H2,(H,17,18). The molecule has 1 amide bonds. The molecule has 2 aromatic carbocycles. The third-order valence-corrected chi connectivity index (χ3v) is 4.37. The smallest absolute Gasteiger partial charge is 0.234 e. The summed E-state index contributed by atoms with van der Waals surface area (Å²) < 4.78 is 10.5. The van der Waals surface area contributed by atoms with E-state index in [1.165, 1.54) is 11.8 Å².